The summed E-state index contributed by atoms with van der Waals surface area (Å²) in [7, 11) is 0. The van der Waals surface area contributed by atoms with Crippen LogP contribution in [0.5, 0.6) is 0 Å². The average molecular weight is 370 g/mol. The SMILES string of the molecule is Cc1c(Cl)cccc1NC(=O)CNC(=O)c1c[nH]c2ccccc2c1=O. The van der Waals surface area contributed by atoms with Crippen LogP contribution in [0.2, 0.25) is 5.02 Å². The minimum absolute atomic E-state index is 0.0459. The number of anilines is 1. The van der Waals surface area contributed by atoms with Crippen LogP contribution < -0.4 is 16.1 Å². The van der Waals surface area contributed by atoms with Gasteiger partial charge in [-0.25, -0.2) is 0 Å². The van der Waals surface area contributed by atoms with Crippen molar-refractivity contribution in [2.24, 2.45) is 0 Å². The normalized spacial score (nSPS) is 10.5. The van der Waals surface area contributed by atoms with Gasteiger partial charge in [0.2, 0.25) is 11.3 Å². The highest BCUT2D eigenvalue weighted by molar-refractivity contribution is 6.31. The molecule has 0 saturated heterocycles. The Morgan fingerprint density at radius 1 is 1.12 bits per heavy atom. The van der Waals surface area contributed by atoms with Crippen molar-refractivity contribution >= 4 is 40.0 Å². The molecule has 1 heterocycles. The van der Waals surface area contributed by atoms with Gasteiger partial charge in [0.05, 0.1) is 6.54 Å². The molecule has 1 aromatic heterocycles. The molecule has 7 heteroatoms. The zero-order valence-electron chi connectivity index (χ0n) is 13.9. The molecule has 26 heavy (non-hydrogen) atoms. The Hall–Kier alpha value is -3.12. The number of amides is 2. The number of rotatable bonds is 4. The van der Waals surface area contributed by atoms with Crippen LogP contribution >= 0.6 is 11.6 Å². The summed E-state index contributed by atoms with van der Waals surface area (Å²) < 4.78 is 0. The highest BCUT2D eigenvalue weighted by Crippen LogP contribution is 2.22. The van der Waals surface area contributed by atoms with E-state index in [0.717, 1.165) is 5.56 Å². The average Bonchev–Trinajstić information content (AvgIpc) is 2.64. The first kappa shape index (κ1) is 17.7. The number of benzene rings is 2. The van der Waals surface area contributed by atoms with E-state index < -0.39 is 11.8 Å². The zero-order chi connectivity index (χ0) is 18.7. The minimum Gasteiger partial charge on any atom is -0.360 e. The molecule has 0 aliphatic heterocycles. The number of halogens is 1. The van der Waals surface area contributed by atoms with Gasteiger partial charge in [0.15, 0.2) is 0 Å². The Bertz CT molecular complexity index is 1060. The molecule has 132 valence electrons. The minimum atomic E-state index is -0.616. The first-order valence-corrected chi connectivity index (χ1v) is 8.29. The number of fused-ring (bicyclic) bond motifs is 1. The van der Waals surface area contributed by atoms with E-state index in [0.29, 0.717) is 21.6 Å². The van der Waals surface area contributed by atoms with Gasteiger partial charge in [0.25, 0.3) is 5.91 Å². The molecule has 2 aromatic carbocycles. The highest BCUT2D eigenvalue weighted by Gasteiger charge is 2.14. The molecule has 0 spiro atoms. The van der Waals surface area contributed by atoms with Crippen molar-refractivity contribution in [2.75, 3.05) is 11.9 Å². The number of H-pyrrole nitrogens is 1. The summed E-state index contributed by atoms with van der Waals surface area (Å²) in [6, 6.07) is 12.1. The maximum Gasteiger partial charge on any atom is 0.257 e. The maximum absolute atomic E-state index is 12.4. The van der Waals surface area contributed by atoms with E-state index in [4.69, 9.17) is 11.6 Å². The highest BCUT2D eigenvalue weighted by atomic mass is 35.5. The van der Waals surface area contributed by atoms with Crippen molar-refractivity contribution in [3.05, 3.63) is 75.0 Å². The van der Waals surface area contributed by atoms with Gasteiger partial charge in [-0.2, -0.15) is 0 Å². The Morgan fingerprint density at radius 2 is 1.88 bits per heavy atom. The second kappa shape index (κ2) is 7.41. The number of pyridine rings is 1. The van der Waals surface area contributed by atoms with Crippen LogP contribution in [0.15, 0.2) is 53.5 Å². The number of nitrogens with one attached hydrogen (secondary N) is 3. The number of hydrogen-bond donors (Lipinski definition) is 3. The molecule has 0 unspecified atom stereocenters. The fourth-order valence-electron chi connectivity index (χ4n) is 2.53. The van der Waals surface area contributed by atoms with Crippen LogP contribution in [-0.2, 0) is 4.79 Å². The maximum atomic E-state index is 12.4. The lowest BCUT2D eigenvalue weighted by molar-refractivity contribution is -0.115. The molecule has 3 N–H and O–H groups in total. The van der Waals surface area contributed by atoms with Crippen LogP contribution in [0.3, 0.4) is 0 Å². The lowest BCUT2D eigenvalue weighted by Gasteiger charge is -2.10. The second-order valence-corrected chi connectivity index (χ2v) is 6.13. The summed E-state index contributed by atoms with van der Waals surface area (Å²) in [5.41, 5.74) is 1.52. The molecular weight excluding hydrogens is 354 g/mol. The Labute approximate surface area is 154 Å². The summed E-state index contributed by atoms with van der Waals surface area (Å²) in [5.74, 6) is -1.03. The molecule has 0 fully saturated rings. The van der Waals surface area contributed by atoms with Gasteiger partial charge in [-0.1, -0.05) is 29.8 Å². The largest absolute Gasteiger partial charge is 0.360 e. The van der Waals surface area contributed by atoms with Crippen LogP contribution in [0.25, 0.3) is 10.9 Å². The van der Waals surface area contributed by atoms with Gasteiger partial charge < -0.3 is 15.6 Å². The van der Waals surface area contributed by atoms with Crippen molar-refractivity contribution < 1.29 is 9.59 Å². The van der Waals surface area contributed by atoms with Gasteiger partial charge in [0.1, 0.15) is 5.56 Å². The third-order valence-electron chi connectivity index (χ3n) is 3.98. The molecule has 6 nitrogen and oxygen atoms in total. The fourth-order valence-corrected chi connectivity index (χ4v) is 2.70. The Kier molecular flexibility index (Phi) is 5.04. The number of aromatic nitrogens is 1. The molecule has 3 rings (SSSR count). The summed E-state index contributed by atoms with van der Waals surface area (Å²) in [6.07, 6.45) is 1.35. The lowest BCUT2D eigenvalue weighted by atomic mass is 10.1. The van der Waals surface area contributed by atoms with E-state index >= 15 is 0 Å². The topological polar surface area (TPSA) is 91.1 Å². The van der Waals surface area contributed by atoms with Crippen molar-refractivity contribution in [1.82, 2.24) is 10.3 Å². The van der Waals surface area contributed by atoms with Gasteiger partial charge in [0, 0.05) is 27.8 Å². The molecule has 0 aliphatic carbocycles. The van der Waals surface area contributed by atoms with Gasteiger partial charge in [-0.15, -0.1) is 0 Å². The predicted molar refractivity (Wildman–Crippen MR) is 102 cm³/mol. The van der Waals surface area contributed by atoms with Crippen molar-refractivity contribution in [3.63, 3.8) is 0 Å². The van der Waals surface area contributed by atoms with E-state index in [2.05, 4.69) is 15.6 Å². The zero-order valence-corrected chi connectivity index (χ0v) is 14.7. The molecule has 0 radical (unpaired) electrons. The Balaban J connectivity index is 1.69. The number of aromatic amines is 1. The molecule has 3 aromatic rings. The van der Waals surface area contributed by atoms with E-state index in [1.54, 1.807) is 49.4 Å². The summed E-state index contributed by atoms with van der Waals surface area (Å²) in [5, 5.41) is 6.09. The van der Waals surface area contributed by atoms with Gasteiger partial charge in [-0.3, -0.25) is 14.4 Å². The number of hydrogen-bond acceptors (Lipinski definition) is 3. The lowest BCUT2D eigenvalue weighted by Crippen LogP contribution is -2.35. The van der Waals surface area contributed by atoms with E-state index in [1.807, 2.05) is 0 Å². The number of carbonyl (C=O) groups excluding carboxylic acids is 2. The molecule has 2 amide bonds. The molecular formula is C19H16ClN3O3. The summed E-state index contributed by atoms with van der Waals surface area (Å²) >= 11 is 6.01. The number of para-hydroxylation sites is 1. The van der Waals surface area contributed by atoms with Crippen molar-refractivity contribution in [1.29, 1.82) is 0 Å². The standard InChI is InChI=1S/C19H16ClN3O3/c1-11-14(20)6-4-8-15(11)23-17(24)10-22-19(26)13-9-21-16-7-3-2-5-12(16)18(13)25/h2-9H,10H2,1H3,(H,21,25)(H,22,26)(H,23,24). The predicted octanol–water partition coefficient (Wildman–Crippen LogP) is 2.86. The first-order chi connectivity index (χ1) is 12.5. The van der Waals surface area contributed by atoms with E-state index in [-0.39, 0.29) is 17.5 Å². The second-order valence-electron chi connectivity index (χ2n) is 5.72. The van der Waals surface area contributed by atoms with E-state index in [9.17, 15) is 14.4 Å². The summed E-state index contributed by atoms with van der Waals surface area (Å²) in [4.78, 5) is 39.6. The third kappa shape index (κ3) is 3.60. The fraction of sp³-hybridized carbons (Fsp3) is 0.105. The van der Waals surface area contributed by atoms with Crippen LogP contribution in [0.4, 0.5) is 5.69 Å². The number of carbonyl (C=O) groups is 2. The first-order valence-electron chi connectivity index (χ1n) is 7.91. The van der Waals surface area contributed by atoms with Crippen LogP contribution in [-0.4, -0.2) is 23.3 Å². The molecule has 0 bridgehead atoms. The quantitative estimate of drug-likeness (QED) is 0.660. The van der Waals surface area contributed by atoms with Crippen molar-refractivity contribution in [2.45, 2.75) is 6.92 Å². The smallest absolute Gasteiger partial charge is 0.257 e. The Morgan fingerprint density at radius 3 is 2.69 bits per heavy atom. The molecule has 0 aliphatic rings. The van der Waals surface area contributed by atoms with Gasteiger partial charge >= 0.3 is 0 Å². The monoisotopic (exact) mass is 369 g/mol. The van der Waals surface area contributed by atoms with Crippen LogP contribution in [0, 0.1) is 6.92 Å². The van der Waals surface area contributed by atoms with Gasteiger partial charge in [-0.05, 0) is 36.8 Å². The van der Waals surface area contributed by atoms with Crippen molar-refractivity contribution in [3.8, 4) is 0 Å². The molecule has 0 saturated carbocycles. The summed E-state index contributed by atoms with van der Waals surface area (Å²) in [6.45, 7) is 1.52. The van der Waals surface area contributed by atoms with E-state index in [1.165, 1.54) is 6.20 Å². The molecule has 0 atom stereocenters. The third-order valence-corrected chi connectivity index (χ3v) is 4.39. The van der Waals surface area contributed by atoms with Crippen LogP contribution in [0.1, 0.15) is 15.9 Å².